The lowest BCUT2D eigenvalue weighted by Crippen LogP contribution is -2.29. The largest absolute Gasteiger partial charge is 0.309 e. The zero-order valence-electron chi connectivity index (χ0n) is 33.8. The van der Waals surface area contributed by atoms with Gasteiger partial charge < -0.3 is 4.57 Å². The first-order chi connectivity index (χ1) is 29.5. The lowest BCUT2D eigenvalue weighted by Gasteiger charge is -2.39. The van der Waals surface area contributed by atoms with Crippen molar-refractivity contribution < 1.29 is 0 Å². The highest BCUT2D eigenvalue weighted by Crippen LogP contribution is 2.54. The molecule has 0 fully saturated rings. The Morgan fingerprint density at radius 2 is 1.02 bits per heavy atom. The van der Waals surface area contributed by atoms with Crippen LogP contribution in [-0.2, 0) is 11.8 Å². The normalized spacial score (nSPS) is 14.3. The summed E-state index contributed by atoms with van der Waals surface area (Å²) in [6.45, 7) is 4.89. The SMILES string of the molecule is CC1(C)C2=CCCc3c2n(c2ccccc32)-c2cc3c(-c4ccc(-c5cc6cc7ccccc7cc6c6ccccc56)cc4)c4ccccc4c(-c4ccccc4)c3cc21. The van der Waals surface area contributed by atoms with E-state index in [0.29, 0.717) is 0 Å². The van der Waals surface area contributed by atoms with Crippen molar-refractivity contribution in [1.29, 1.82) is 0 Å². The summed E-state index contributed by atoms with van der Waals surface area (Å²) in [5, 5.41) is 14.2. The number of aryl methyl sites for hydroxylation is 1. The van der Waals surface area contributed by atoms with Gasteiger partial charge in [0.2, 0.25) is 0 Å². The highest BCUT2D eigenvalue weighted by Gasteiger charge is 2.40. The van der Waals surface area contributed by atoms with Crippen LogP contribution in [0, 0.1) is 0 Å². The Bertz CT molecular complexity index is 3650. The Morgan fingerprint density at radius 1 is 0.433 bits per heavy atom. The van der Waals surface area contributed by atoms with E-state index in [9.17, 15) is 0 Å². The third kappa shape index (κ3) is 4.63. The van der Waals surface area contributed by atoms with Crippen LogP contribution in [0.4, 0.5) is 0 Å². The van der Waals surface area contributed by atoms with E-state index in [2.05, 4.69) is 206 Å². The minimum absolute atomic E-state index is 0.167. The second kappa shape index (κ2) is 12.4. The molecule has 0 spiro atoms. The van der Waals surface area contributed by atoms with Gasteiger partial charge in [-0.3, -0.25) is 0 Å². The zero-order valence-corrected chi connectivity index (χ0v) is 33.8. The first kappa shape index (κ1) is 33.7. The molecule has 11 aromatic rings. The molecule has 10 aromatic carbocycles. The van der Waals surface area contributed by atoms with Gasteiger partial charge in [-0.1, -0.05) is 166 Å². The predicted octanol–water partition coefficient (Wildman–Crippen LogP) is 16.0. The van der Waals surface area contributed by atoms with E-state index < -0.39 is 0 Å². The van der Waals surface area contributed by atoms with Crippen molar-refractivity contribution in [3.8, 4) is 39.1 Å². The van der Waals surface area contributed by atoms with Crippen molar-refractivity contribution in [3.63, 3.8) is 0 Å². The quantitative estimate of drug-likeness (QED) is 0.125. The van der Waals surface area contributed by atoms with Gasteiger partial charge >= 0.3 is 0 Å². The molecule has 2 aliphatic rings. The summed E-state index contributed by atoms with van der Waals surface area (Å²) in [6, 6.07) is 68.5. The second-order valence-corrected chi connectivity index (χ2v) is 17.5. The summed E-state index contributed by atoms with van der Waals surface area (Å²) in [6.07, 6.45) is 4.68. The van der Waals surface area contributed by atoms with Gasteiger partial charge in [0.05, 0.1) is 16.9 Å². The van der Waals surface area contributed by atoms with Crippen LogP contribution in [0.3, 0.4) is 0 Å². The summed E-state index contributed by atoms with van der Waals surface area (Å²) >= 11 is 0. The molecule has 1 heteroatoms. The third-order valence-electron chi connectivity index (χ3n) is 14.0. The molecular weight excluding hydrogens is 723 g/mol. The molecule has 0 N–H and O–H groups in total. The molecule has 0 bridgehead atoms. The van der Waals surface area contributed by atoms with Gasteiger partial charge in [0.25, 0.3) is 0 Å². The van der Waals surface area contributed by atoms with Gasteiger partial charge in [-0.15, -0.1) is 0 Å². The van der Waals surface area contributed by atoms with Crippen LogP contribution >= 0.6 is 0 Å². The van der Waals surface area contributed by atoms with Crippen molar-refractivity contribution in [2.45, 2.75) is 32.1 Å². The van der Waals surface area contributed by atoms with Crippen LogP contribution in [-0.4, -0.2) is 4.57 Å². The molecule has 282 valence electrons. The van der Waals surface area contributed by atoms with Crippen LogP contribution in [0.1, 0.15) is 37.1 Å². The Morgan fingerprint density at radius 3 is 1.77 bits per heavy atom. The maximum atomic E-state index is 2.61. The fourth-order valence-electron chi connectivity index (χ4n) is 11.2. The first-order valence-corrected chi connectivity index (χ1v) is 21.4. The molecule has 1 nitrogen and oxygen atoms in total. The molecule has 1 aromatic heterocycles. The van der Waals surface area contributed by atoms with Gasteiger partial charge in [0.15, 0.2) is 0 Å². The number of nitrogens with zero attached hydrogens (tertiary/aromatic N) is 1. The molecule has 0 unspecified atom stereocenters. The molecule has 0 amide bonds. The van der Waals surface area contributed by atoms with Crippen molar-refractivity contribution in [2.24, 2.45) is 0 Å². The molecule has 1 aliphatic carbocycles. The van der Waals surface area contributed by atoms with Crippen LogP contribution < -0.4 is 0 Å². The smallest absolute Gasteiger partial charge is 0.0538 e. The molecule has 60 heavy (non-hydrogen) atoms. The minimum atomic E-state index is -0.167. The highest BCUT2D eigenvalue weighted by molar-refractivity contribution is 6.23. The van der Waals surface area contributed by atoms with E-state index in [4.69, 9.17) is 0 Å². The molecule has 2 heterocycles. The summed E-state index contributed by atoms with van der Waals surface area (Å²) < 4.78 is 2.61. The van der Waals surface area contributed by atoms with Crippen molar-refractivity contribution in [2.75, 3.05) is 0 Å². The van der Waals surface area contributed by atoms with Gasteiger partial charge in [-0.05, 0) is 153 Å². The lowest BCUT2D eigenvalue weighted by atomic mass is 9.69. The van der Waals surface area contributed by atoms with Crippen molar-refractivity contribution in [3.05, 3.63) is 205 Å². The predicted molar refractivity (Wildman–Crippen MR) is 256 cm³/mol. The Kier molecular flexibility index (Phi) is 6.97. The monoisotopic (exact) mass is 763 g/mol. The van der Waals surface area contributed by atoms with Crippen molar-refractivity contribution >= 4 is 70.3 Å². The topological polar surface area (TPSA) is 4.93 Å². The van der Waals surface area contributed by atoms with E-state index in [1.807, 2.05) is 0 Å². The Balaban J connectivity index is 1.10. The fraction of sp³-hybridized carbons (Fsp3) is 0.0847. The van der Waals surface area contributed by atoms with Crippen LogP contribution in [0.15, 0.2) is 188 Å². The Labute approximate surface area is 349 Å². The molecule has 0 atom stereocenters. The second-order valence-electron chi connectivity index (χ2n) is 17.5. The number of para-hydroxylation sites is 1. The zero-order chi connectivity index (χ0) is 39.7. The number of rotatable bonds is 3. The number of aromatic nitrogens is 1. The Hall–Kier alpha value is -7.22. The number of hydrogen-bond acceptors (Lipinski definition) is 0. The van der Waals surface area contributed by atoms with Crippen LogP contribution in [0.5, 0.6) is 0 Å². The number of benzene rings is 10. The number of allylic oxidation sites excluding steroid dienone is 2. The summed E-state index contributed by atoms with van der Waals surface area (Å²) in [4.78, 5) is 0. The van der Waals surface area contributed by atoms with Crippen LogP contribution in [0.2, 0.25) is 0 Å². The lowest BCUT2D eigenvalue weighted by molar-refractivity contribution is 0.655. The first-order valence-electron chi connectivity index (χ1n) is 21.4. The average Bonchev–Trinajstić information content (AvgIpc) is 3.64. The average molecular weight is 764 g/mol. The van der Waals surface area contributed by atoms with E-state index in [-0.39, 0.29) is 5.41 Å². The van der Waals surface area contributed by atoms with E-state index in [0.717, 1.165) is 12.8 Å². The summed E-state index contributed by atoms with van der Waals surface area (Å²) in [5.74, 6) is 0. The maximum Gasteiger partial charge on any atom is 0.0538 e. The standard InChI is InChI=1S/C59H41N/c1-59(2)52-25-14-24-47-44-21-12-13-26-54(44)60(58(47)52)55-35-51-50(34-53(55)59)56(37-15-4-3-5-16-37)45-22-10-11-23-46(45)57(51)38-29-27-36(28-30-38)48-33-41-31-39-17-6-7-18-40(39)32-49(41)43-20-9-8-19-42(43)48/h3-13,15-23,25-35H,14,24H2,1-2H3. The molecule has 1 aliphatic heterocycles. The van der Waals surface area contributed by atoms with Gasteiger partial charge in [0.1, 0.15) is 0 Å². The van der Waals surface area contributed by atoms with Crippen LogP contribution in [0.25, 0.3) is 109 Å². The van der Waals surface area contributed by atoms with E-state index in [1.54, 1.807) is 0 Å². The highest BCUT2D eigenvalue weighted by atomic mass is 15.0. The van der Waals surface area contributed by atoms with Gasteiger partial charge in [-0.25, -0.2) is 0 Å². The summed E-state index contributed by atoms with van der Waals surface area (Å²) in [5.41, 5.74) is 15.7. The maximum absolute atomic E-state index is 2.61. The van der Waals surface area contributed by atoms with Gasteiger partial charge in [-0.2, -0.15) is 0 Å². The molecule has 0 saturated carbocycles. The van der Waals surface area contributed by atoms with E-state index in [1.165, 1.54) is 126 Å². The minimum Gasteiger partial charge on any atom is -0.309 e. The summed E-state index contributed by atoms with van der Waals surface area (Å²) in [7, 11) is 0. The number of hydrogen-bond donors (Lipinski definition) is 0. The van der Waals surface area contributed by atoms with Gasteiger partial charge in [0, 0.05) is 10.8 Å². The molecular formula is C59H41N. The molecule has 0 saturated heterocycles. The molecule has 0 radical (unpaired) electrons. The van der Waals surface area contributed by atoms with Crippen molar-refractivity contribution in [1.82, 2.24) is 4.57 Å². The van der Waals surface area contributed by atoms with E-state index >= 15 is 0 Å². The third-order valence-corrected chi connectivity index (χ3v) is 14.0. The fourth-order valence-corrected chi connectivity index (χ4v) is 11.2. The number of fused-ring (bicyclic) bond motifs is 11. The molecule has 13 rings (SSSR count).